The lowest BCUT2D eigenvalue weighted by Crippen LogP contribution is -2.16. The molecule has 3 aromatic carbocycles. The Morgan fingerprint density at radius 1 is 0.892 bits per heavy atom. The molecule has 0 bridgehead atoms. The minimum atomic E-state index is -4.79. The van der Waals surface area contributed by atoms with Crippen LogP contribution < -0.4 is 15.8 Å². The largest absolute Gasteiger partial charge is 0.573 e. The van der Waals surface area contributed by atoms with Crippen LogP contribution >= 0.6 is 0 Å². The van der Waals surface area contributed by atoms with Gasteiger partial charge in [-0.05, 0) is 66.2 Å². The molecular weight excluding hydrogens is 506 g/mol. The molecule has 0 saturated heterocycles. The summed E-state index contributed by atoms with van der Waals surface area (Å²) in [5.41, 5.74) is 6.64. The number of rotatable bonds is 7. The summed E-state index contributed by atoms with van der Waals surface area (Å²) in [6.07, 6.45) is -8.92. The monoisotopic (exact) mass is 524 g/mol. The smallest absolute Gasteiger partial charge is 0.444 e. The van der Waals surface area contributed by atoms with Crippen LogP contribution in [0.1, 0.15) is 16.7 Å². The second-order valence-corrected chi connectivity index (χ2v) is 7.27. The van der Waals surface area contributed by atoms with Crippen molar-refractivity contribution in [3.63, 3.8) is 0 Å². The number of amidine groups is 1. The molecule has 0 atom stereocenters. The van der Waals surface area contributed by atoms with Crippen LogP contribution in [0.15, 0.2) is 82.8 Å². The van der Waals surface area contributed by atoms with Gasteiger partial charge in [0.2, 0.25) is 0 Å². The molecule has 3 rings (SSSR count). The van der Waals surface area contributed by atoms with Crippen LogP contribution in [0.5, 0.6) is 5.75 Å². The van der Waals surface area contributed by atoms with Crippen molar-refractivity contribution in [2.75, 3.05) is 5.32 Å². The Morgan fingerprint density at radius 3 is 2.08 bits per heavy atom. The molecule has 13 heteroatoms. The molecule has 37 heavy (non-hydrogen) atoms. The number of halogens is 6. The van der Waals surface area contributed by atoms with E-state index in [0.29, 0.717) is 22.5 Å². The molecule has 0 fully saturated rings. The van der Waals surface area contributed by atoms with E-state index in [1.54, 1.807) is 12.1 Å². The molecule has 0 aliphatic heterocycles. The summed E-state index contributed by atoms with van der Waals surface area (Å²) in [6.45, 7) is -0.223. The van der Waals surface area contributed by atoms with E-state index in [1.165, 1.54) is 36.4 Å². The number of carbonyl (C=O) groups excluding carboxylic acids is 1. The zero-order valence-electron chi connectivity index (χ0n) is 18.7. The Balaban J connectivity index is 1.50. The van der Waals surface area contributed by atoms with Crippen LogP contribution in [0, 0.1) is 0 Å². The third-order valence-corrected chi connectivity index (χ3v) is 4.55. The summed E-state index contributed by atoms with van der Waals surface area (Å²) >= 11 is 0. The van der Waals surface area contributed by atoms with Gasteiger partial charge in [-0.2, -0.15) is 13.2 Å². The number of nitrogens with zero attached hydrogens (tertiary/aromatic N) is 2. The highest BCUT2D eigenvalue weighted by Gasteiger charge is 2.31. The van der Waals surface area contributed by atoms with Gasteiger partial charge in [0.1, 0.15) is 24.5 Å². The number of ether oxygens (including phenoxy) is 2. The van der Waals surface area contributed by atoms with Gasteiger partial charge in [0.25, 0.3) is 0 Å². The quantitative estimate of drug-likeness (QED) is 0.212. The number of hydrogen-bond donors (Lipinski definition) is 2. The summed E-state index contributed by atoms with van der Waals surface area (Å²) in [6, 6.07) is 15.2. The molecule has 0 aliphatic rings. The van der Waals surface area contributed by atoms with Gasteiger partial charge >= 0.3 is 18.6 Å². The van der Waals surface area contributed by atoms with Crippen molar-refractivity contribution >= 4 is 29.6 Å². The van der Waals surface area contributed by atoms with E-state index in [4.69, 9.17) is 10.5 Å². The lowest BCUT2D eigenvalue weighted by Gasteiger charge is -2.09. The minimum Gasteiger partial charge on any atom is -0.444 e. The van der Waals surface area contributed by atoms with Gasteiger partial charge in [-0.25, -0.2) is 14.8 Å². The SMILES string of the molecule is NC(=NC=Nc1ccc(OC(F)(F)F)cc1)c1ccc(NC(=O)OCc2ccc(C(F)(F)F)cc2)cc1. The van der Waals surface area contributed by atoms with E-state index in [-0.39, 0.29) is 18.2 Å². The molecule has 0 aliphatic carbocycles. The highest BCUT2D eigenvalue weighted by molar-refractivity contribution is 6.01. The third kappa shape index (κ3) is 8.87. The van der Waals surface area contributed by atoms with E-state index < -0.39 is 24.2 Å². The van der Waals surface area contributed by atoms with Gasteiger partial charge in [0, 0.05) is 11.3 Å². The zero-order chi connectivity index (χ0) is 27.1. The minimum absolute atomic E-state index is 0.0807. The van der Waals surface area contributed by atoms with Crippen LogP contribution in [-0.4, -0.2) is 24.6 Å². The summed E-state index contributed by atoms with van der Waals surface area (Å²) in [7, 11) is 0. The van der Waals surface area contributed by atoms with Crippen molar-refractivity contribution in [2.24, 2.45) is 15.7 Å². The number of amides is 1. The van der Waals surface area contributed by atoms with Crippen molar-refractivity contribution in [2.45, 2.75) is 19.1 Å². The molecule has 0 radical (unpaired) electrons. The molecule has 3 aromatic rings. The van der Waals surface area contributed by atoms with Gasteiger partial charge in [0.15, 0.2) is 0 Å². The van der Waals surface area contributed by atoms with E-state index in [1.807, 2.05) is 0 Å². The van der Waals surface area contributed by atoms with Crippen molar-refractivity contribution in [1.82, 2.24) is 0 Å². The number of hydrogen-bond acceptors (Lipinski definition) is 4. The fourth-order valence-electron chi connectivity index (χ4n) is 2.78. The van der Waals surface area contributed by atoms with Crippen LogP contribution in [0.4, 0.5) is 42.5 Å². The van der Waals surface area contributed by atoms with Crippen LogP contribution in [0.3, 0.4) is 0 Å². The number of benzene rings is 3. The fraction of sp³-hybridized carbons (Fsp3) is 0.125. The third-order valence-electron chi connectivity index (χ3n) is 4.55. The molecule has 0 spiro atoms. The zero-order valence-corrected chi connectivity index (χ0v) is 18.7. The van der Waals surface area contributed by atoms with E-state index in [9.17, 15) is 31.1 Å². The Hall–Kier alpha value is -4.55. The number of nitrogens with one attached hydrogen (secondary N) is 1. The molecule has 194 valence electrons. The molecule has 1 amide bonds. The van der Waals surface area contributed by atoms with Gasteiger partial charge < -0.3 is 15.2 Å². The lowest BCUT2D eigenvalue weighted by molar-refractivity contribution is -0.274. The lowest BCUT2D eigenvalue weighted by atomic mass is 10.1. The number of carbonyl (C=O) groups is 1. The topological polar surface area (TPSA) is 98.3 Å². The maximum absolute atomic E-state index is 12.6. The Labute approximate surface area is 206 Å². The average Bonchev–Trinajstić information content (AvgIpc) is 2.83. The Morgan fingerprint density at radius 2 is 1.51 bits per heavy atom. The van der Waals surface area contributed by atoms with Crippen molar-refractivity contribution < 1.29 is 40.6 Å². The van der Waals surface area contributed by atoms with Crippen LogP contribution in [0.25, 0.3) is 0 Å². The number of nitrogens with two attached hydrogens (primary N) is 1. The summed E-state index contributed by atoms with van der Waals surface area (Å²) < 4.78 is 83.1. The van der Waals surface area contributed by atoms with E-state index >= 15 is 0 Å². The molecule has 0 unspecified atom stereocenters. The first-order valence-electron chi connectivity index (χ1n) is 10.3. The molecule has 3 N–H and O–H groups in total. The first-order chi connectivity index (χ1) is 17.4. The van der Waals surface area contributed by atoms with Crippen LogP contribution in [-0.2, 0) is 17.5 Å². The van der Waals surface area contributed by atoms with Gasteiger partial charge in [-0.15, -0.1) is 13.2 Å². The highest BCUT2D eigenvalue weighted by Crippen LogP contribution is 2.29. The second kappa shape index (κ2) is 11.5. The number of anilines is 1. The van der Waals surface area contributed by atoms with E-state index in [0.717, 1.165) is 30.6 Å². The number of aliphatic imine (C=N–C) groups is 2. The maximum Gasteiger partial charge on any atom is 0.573 e. The molecule has 0 heterocycles. The Bertz CT molecular complexity index is 1250. The first-order valence-corrected chi connectivity index (χ1v) is 10.3. The normalized spacial score (nSPS) is 12.4. The standard InChI is InChI=1S/C24H18F6N4O3/c25-23(26,27)17-5-1-15(2-6-17)13-36-22(35)34-19-7-3-16(4-8-19)21(31)33-14-32-18-9-11-20(12-10-18)37-24(28,29)30/h1-12,14H,13H2,(H,34,35)(H2,31,32,33). The second-order valence-electron chi connectivity index (χ2n) is 7.27. The van der Waals surface area contributed by atoms with Crippen molar-refractivity contribution in [3.8, 4) is 5.75 Å². The van der Waals surface area contributed by atoms with Crippen molar-refractivity contribution in [1.29, 1.82) is 0 Å². The first kappa shape index (κ1) is 27.0. The number of alkyl halides is 6. The van der Waals surface area contributed by atoms with Crippen molar-refractivity contribution in [3.05, 3.63) is 89.5 Å². The molecule has 0 aromatic heterocycles. The predicted molar refractivity (Wildman–Crippen MR) is 124 cm³/mol. The molecule has 7 nitrogen and oxygen atoms in total. The molecule has 0 saturated carbocycles. The highest BCUT2D eigenvalue weighted by atomic mass is 19.4. The van der Waals surface area contributed by atoms with Gasteiger partial charge in [-0.3, -0.25) is 5.32 Å². The average molecular weight is 524 g/mol. The van der Waals surface area contributed by atoms with Crippen LogP contribution in [0.2, 0.25) is 0 Å². The fourth-order valence-corrected chi connectivity index (χ4v) is 2.78. The van der Waals surface area contributed by atoms with Gasteiger partial charge in [-0.1, -0.05) is 12.1 Å². The van der Waals surface area contributed by atoms with E-state index in [2.05, 4.69) is 20.0 Å². The van der Waals surface area contributed by atoms with Gasteiger partial charge in [0.05, 0.1) is 11.3 Å². The summed E-state index contributed by atoms with van der Waals surface area (Å²) in [4.78, 5) is 19.9. The summed E-state index contributed by atoms with van der Waals surface area (Å²) in [5.74, 6) is -0.302. The summed E-state index contributed by atoms with van der Waals surface area (Å²) in [5, 5.41) is 2.47. The maximum atomic E-state index is 12.6. The Kier molecular flexibility index (Phi) is 8.37. The predicted octanol–water partition coefficient (Wildman–Crippen LogP) is 6.42. The molecular formula is C24H18F6N4O3.